The molecule has 1 amide bonds. The molecule has 0 atom stereocenters. The van der Waals surface area contributed by atoms with Crippen molar-refractivity contribution in [2.45, 2.75) is 10.8 Å². The van der Waals surface area contributed by atoms with Gasteiger partial charge < -0.3 is 4.90 Å². The van der Waals surface area contributed by atoms with Gasteiger partial charge in [0.1, 0.15) is 0 Å². The Bertz CT molecular complexity index is 405. The Hall–Kier alpha value is -0.440. The third kappa shape index (κ3) is 2.07. The van der Waals surface area contributed by atoms with E-state index in [1.54, 1.807) is 29.2 Å². The van der Waals surface area contributed by atoms with E-state index in [2.05, 4.69) is 0 Å². The number of rotatable bonds is 1. The van der Waals surface area contributed by atoms with Crippen LogP contribution >= 0.6 is 34.8 Å². The van der Waals surface area contributed by atoms with Crippen molar-refractivity contribution in [3.63, 3.8) is 0 Å². The second-order valence-corrected chi connectivity index (χ2v) is 5.31. The van der Waals surface area contributed by atoms with Crippen LogP contribution < -0.4 is 4.90 Å². The predicted molar refractivity (Wildman–Crippen MR) is 62.9 cm³/mol. The number of hydrogen-bond acceptors (Lipinski definition) is 1. The summed E-state index contributed by atoms with van der Waals surface area (Å²) in [5, 5.41) is 0.585. The molecule has 0 unspecified atom stereocenters. The number of carbonyl (C=O) groups is 1. The van der Waals surface area contributed by atoms with Gasteiger partial charge in [-0.15, -0.1) is 0 Å². The first-order chi connectivity index (χ1) is 7.00. The molecule has 1 aliphatic heterocycles. The van der Waals surface area contributed by atoms with Crippen LogP contribution in [0, 0.1) is 0 Å². The number of nitrogens with zero attached hydrogens (tertiary/aromatic N) is 1. The summed E-state index contributed by atoms with van der Waals surface area (Å²) in [5.41, 5.74) is 0.732. The molecule has 0 aromatic heterocycles. The summed E-state index contributed by atoms with van der Waals surface area (Å²) in [5.74, 6) is -0.284. The van der Waals surface area contributed by atoms with Gasteiger partial charge in [-0.05, 0) is 18.2 Å². The van der Waals surface area contributed by atoms with Crippen LogP contribution in [0.25, 0.3) is 0 Å². The van der Waals surface area contributed by atoms with Crippen molar-refractivity contribution in [1.29, 1.82) is 0 Å². The highest BCUT2D eigenvalue weighted by Gasteiger charge is 2.44. The highest BCUT2D eigenvalue weighted by molar-refractivity contribution is 6.59. The first-order valence-electron chi connectivity index (χ1n) is 4.46. The van der Waals surface area contributed by atoms with Gasteiger partial charge in [-0.3, -0.25) is 4.79 Å². The molecule has 2 nitrogen and oxygen atoms in total. The minimum atomic E-state index is -1.29. The van der Waals surface area contributed by atoms with E-state index in [0.717, 1.165) is 5.69 Å². The Morgan fingerprint density at radius 3 is 2.60 bits per heavy atom. The predicted octanol–water partition coefficient (Wildman–Crippen LogP) is 3.25. The SMILES string of the molecule is O=C1N(c2cccc(Cl)c2)CCC1(Cl)Cl. The van der Waals surface area contributed by atoms with Crippen molar-refractivity contribution in [1.82, 2.24) is 0 Å². The lowest BCUT2D eigenvalue weighted by atomic mass is 10.3. The summed E-state index contributed by atoms with van der Waals surface area (Å²) in [6, 6.07) is 7.06. The number of benzene rings is 1. The van der Waals surface area contributed by atoms with E-state index in [9.17, 15) is 4.79 Å². The van der Waals surface area contributed by atoms with Crippen LogP contribution in [-0.2, 0) is 4.79 Å². The molecule has 1 fully saturated rings. The molecule has 0 saturated carbocycles. The van der Waals surface area contributed by atoms with Gasteiger partial charge in [-0.25, -0.2) is 0 Å². The van der Waals surface area contributed by atoms with Gasteiger partial charge >= 0.3 is 0 Å². The lowest BCUT2D eigenvalue weighted by molar-refractivity contribution is -0.117. The largest absolute Gasteiger partial charge is 0.310 e. The summed E-state index contributed by atoms with van der Waals surface area (Å²) in [6.45, 7) is 0.520. The van der Waals surface area contributed by atoms with Crippen LogP contribution in [0.2, 0.25) is 5.02 Å². The fourth-order valence-electron chi connectivity index (χ4n) is 1.55. The summed E-state index contributed by atoms with van der Waals surface area (Å²) in [6.07, 6.45) is 0.432. The number of amides is 1. The molecule has 2 rings (SSSR count). The number of alkyl halides is 2. The van der Waals surface area contributed by atoms with Gasteiger partial charge in [-0.1, -0.05) is 40.9 Å². The van der Waals surface area contributed by atoms with Gasteiger partial charge in [0.25, 0.3) is 5.91 Å². The fourth-order valence-corrected chi connectivity index (χ4v) is 2.11. The van der Waals surface area contributed by atoms with Crippen LogP contribution in [-0.4, -0.2) is 16.8 Å². The summed E-state index contributed by atoms with van der Waals surface area (Å²) >= 11 is 17.5. The molecule has 0 bridgehead atoms. The molecule has 5 heteroatoms. The number of hydrogen-bond donors (Lipinski definition) is 0. The average Bonchev–Trinajstić information content (AvgIpc) is 2.42. The summed E-state index contributed by atoms with van der Waals surface area (Å²) in [4.78, 5) is 13.3. The maximum absolute atomic E-state index is 11.8. The Morgan fingerprint density at radius 1 is 1.33 bits per heavy atom. The molecule has 1 aliphatic rings. The first kappa shape index (κ1) is 11.1. The lowest BCUT2D eigenvalue weighted by Crippen LogP contribution is -2.31. The first-order valence-corrected chi connectivity index (χ1v) is 5.59. The van der Waals surface area contributed by atoms with Gasteiger partial charge in [-0.2, -0.15) is 0 Å². The molecular formula is C10H8Cl3NO. The van der Waals surface area contributed by atoms with Crippen LogP contribution in [0.5, 0.6) is 0 Å². The molecule has 0 radical (unpaired) electrons. The quantitative estimate of drug-likeness (QED) is 0.713. The van der Waals surface area contributed by atoms with Crippen molar-refractivity contribution in [3.8, 4) is 0 Å². The van der Waals surface area contributed by atoms with E-state index in [0.29, 0.717) is 18.0 Å². The Labute approximate surface area is 103 Å². The van der Waals surface area contributed by atoms with E-state index >= 15 is 0 Å². The Morgan fingerprint density at radius 2 is 2.07 bits per heavy atom. The molecule has 1 aromatic rings. The molecule has 0 spiro atoms. The topological polar surface area (TPSA) is 20.3 Å². The molecule has 80 valence electrons. The molecule has 0 N–H and O–H groups in total. The zero-order valence-corrected chi connectivity index (χ0v) is 9.98. The Kier molecular flexibility index (Phi) is 2.84. The van der Waals surface area contributed by atoms with Crippen molar-refractivity contribution in [2.75, 3.05) is 11.4 Å². The van der Waals surface area contributed by atoms with Gasteiger partial charge in [0, 0.05) is 23.7 Å². The Balaban J connectivity index is 2.31. The highest BCUT2D eigenvalue weighted by atomic mass is 35.5. The average molecular weight is 265 g/mol. The van der Waals surface area contributed by atoms with Crippen molar-refractivity contribution in [2.24, 2.45) is 0 Å². The standard InChI is InChI=1S/C10H8Cl3NO/c11-7-2-1-3-8(6-7)14-5-4-10(12,13)9(14)15/h1-3,6H,4-5H2. The monoisotopic (exact) mass is 263 g/mol. The minimum absolute atomic E-state index is 0.284. The summed E-state index contributed by atoms with van der Waals surface area (Å²) < 4.78 is -1.29. The molecule has 1 heterocycles. The second-order valence-electron chi connectivity index (χ2n) is 3.39. The third-order valence-electron chi connectivity index (χ3n) is 2.33. The maximum Gasteiger partial charge on any atom is 0.263 e. The number of carbonyl (C=O) groups excluding carboxylic acids is 1. The molecule has 1 aromatic carbocycles. The molecule has 15 heavy (non-hydrogen) atoms. The van der Waals surface area contributed by atoms with Gasteiger partial charge in [0.15, 0.2) is 4.33 Å². The fraction of sp³-hybridized carbons (Fsp3) is 0.300. The van der Waals surface area contributed by atoms with E-state index in [1.807, 2.05) is 0 Å². The van der Waals surface area contributed by atoms with Crippen LogP contribution in [0.1, 0.15) is 6.42 Å². The smallest absolute Gasteiger partial charge is 0.263 e. The highest BCUT2D eigenvalue weighted by Crippen LogP contribution is 2.36. The zero-order valence-electron chi connectivity index (χ0n) is 7.71. The van der Waals surface area contributed by atoms with Crippen LogP contribution in [0.15, 0.2) is 24.3 Å². The second kappa shape index (κ2) is 3.85. The van der Waals surface area contributed by atoms with Crippen molar-refractivity contribution in [3.05, 3.63) is 29.3 Å². The van der Waals surface area contributed by atoms with Crippen molar-refractivity contribution < 1.29 is 4.79 Å². The zero-order chi connectivity index (χ0) is 11.1. The van der Waals surface area contributed by atoms with Crippen LogP contribution in [0.4, 0.5) is 5.69 Å². The molecular weight excluding hydrogens is 256 g/mol. The van der Waals surface area contributed by atoms with Crippen molar-refractivity contribution >= 4 is 46.4 Å². The van der Waals surface area contributed by atoms with E-state index in [-0.39, 0.29) is 5.91 Å². The minimum Gasteiger partial charge on any atom is -0.310 e. The number of anilines is 1. The maximum atomic E-state index is 11.8. The molecule has 1 saturated heterocycles. The number of halogens is 3. The third-order valence-corrected chi connectivity index (χ3v) is 3.26. The van der Waals surface area contributed by atoms with E-state index in [4.69, 9.17) is 34.8 Å². The lowest BCUT2D eigenvalue weighted by Gasteiger charge is -2.17. The van der Waals surface area contributed by atoms with Gasteiger partial charge in [0.2, 0.25) is 0 Å². The molecule has 0 aliphatic carbocycles. The normalized spacial score (nSPS) is 19.7. The summed E-state index contributed by atoms with van der Waals surface area (Å²) in [7, 11) is 0. The van der Waals surface area contributed by atoms with Crippen LogP contribution in [0.3, 0.4) is 0 Å². The van der Waals surface area contributed by atoms with E-state index in [1.165, 1.54) is 0 Å². The van der Waals surface area contributed by atoms with E-state index < -0.39 is 4.33 Å². The van der Waals surface area contributed by atoms with Gasteiger partial charge in [0.05, 0.1) is 0 Å².